The van der Waals surface area contributed by atoms with Crippen LogP contribution in [0.3, 0.4) is 0 Å². The molecule has 0 aromatic heterocycles. The minimum atomic E-state index is -2.86. The lowest BCUT2D eigenvalue weighted by Gasteiger charge is -2.10. The highest BCUT2D eigenvalue weighted by molar-refractivity contribution is 5.36. The maximum Gasteiger partial charge on any atom is 0.387 e. The van der Waals surface area contributed by atoms with E-state index in [1.165, 1.54) is 18.2 Å². The van der Waals surface area contributed by atoms with Gasteiger partial charge in [-0.15, -0.1) is 0 Å². The molecule has 2 rings (SSSR count). The van der Waals surface area contributed by atoms with Gasteiger partial charge in [-0.3, -0.25) is 0 Å². The fraction of sp³-hybridized carbons (Fsp3) is 0.250. The molecule has 0 unspecified atom stereocenters. The molecule has 112 valence electrons. The molecule has 0 saturated carbocycles. The molecule has 0 amide bonds. The molecule has 0 aliphatic rings. The molecule has 0 atom stereocenters. The molecule has 0 N–H and O–H groups in total. The Morgan fingerprint density at radius 2 is 1.52 bits per heavy atom. The SMILES string of the molecule is Cc1cc(CCc2cc(F)cc(F)c2)ccc1OC(F)F. The molecule has 0 spiro atoms. The smallest absolute Gasteiger partial charge is 0.387 e. The Bertz CT molecular complexity index is 605. The molecule has 21 heavy (non-hydrogen) atoms. The van der Waals surface area contributed by atoms with Gasteiger partial charge in [-0.05, 0) is 54.7 Å². The Labute approximate surface area is 120 Å². The predicted octanol–water partition coefficient (Wildman–Crippen LogP) is 4.66. The van der Waals surface area contributed by atoms with Crippen LogP contribution in [0.2, 0.25) is 0 Å². The molecule has 5 heteroatoms. The summed E-state index contributed by atoms with van der Waals surface area (Å²) in [5.74, 6) is -1.09. The quantitative estimate of drug-likeness (QED) is 0.729. The lowest BCUT2D eigenvalue weighted by Crippen LogP contribution is -2.03. The second-order valence-corrected chi connectivity index (χ2v) is 4.76. The third kappa shape index (κ3) is 4.48. The van der Waals surface area contributed by atoms with Crippen LogP contribution < -0.4 is 4.74 Å². The van der Waals surface area contributed by atoms with Gasteiger partial charge in [-0.25, -0.2) is 8.78 Å². The Balaban J connectivity index is 2.05. The van der Waals surface area contributed by atoms with Crippen LogP contribution in [-0.2, 0) is 12.8 Å². The van der Waals surface area contributed by atoms with Crippen molar-refractivity contribution in [3.63, 3.8) is 0 Å². The lowest BCUT2D eigenvalue weighted by atomic mass is 10.0. The number of aryl methyl sites for hydroxylation is 3. The van der Waals surface area contributed by atoms with Crippen molar-refractivity contribution in [1.29, 1.82) is 0 Å². The number of hydrogen-bond donors (Lipinski definition) is 0. The molecule has 2 aromatic carbocycles. The van der Waals surface area contributed by atoms with Gasteiger partial charge in [0.05, 0.1) is 0 Å². The van der Waals surface area contributed by atoms with Gasteiger partial charge in [0.1, 0.15) is 17.4 Å². The summed E-state index contributed by atoms with van der Waals surface area (Å²) in [6, 6.07) is 8.26. The van der Waals surface area contributed by atoms with E-state index < -0.39 is 18.2 Å². The summed E-state index contributed by atoms with van der Waals surface area (Å²) in [4.78, 5) is 0. The van der Waals surface area contributed by atoms with Crippen molar-refractivity contribution in [3.05, 3.63) is 64.7 Å². The number of hydrogen-bond acceptors (Lipinski definition) is 1. The summed E-state index contributed by atoms with van der Waals surface area (Å²) in [7, 11) is 0. The standard InChI is InChI=1S/C16H14F4O/c1-10-6-11(4-5-15(10)21-16(19)20)2-3-12-7-13(17)9-14(18)8-12/h4-9,16H,2-3H2,1H3. The molecule has 1 nitrogen and oxygen atoms in total. The molecular formula is C16H14F4O. The van der Waals surface area contributed by atoms with Gasteiger partial charge in [0.15, 0.2) is 0 Å². The Morgan fingerprint density at radius 1 is 0.905 bits per heavy atom. The van der Waals surface area contributed by atoms with Crippen molar-refractivity contribution in [1.82, 2.24) is 0 Å². The lowest BCUT2D eigenvalue weighted by molar-refractivity contribution is -0.0503. The van der Waals surface area contributed by atoms with E-state index in [4.69, 9.17) is 0 Å². The fourth-order valence-electron chi connectivity index (χ4n) is 2.14. The van der Waals surface area contributed by atoms with E-state index in [0.717, 1.165) is 11.6 Å². The number of alkyl halides is 2. The molecule has 0 fully saturated rings. The van der Waals surface area contributed by atoms with Crippen LogP contribution in [0.5, 0.6) is 5.75 Å². The van der Waals surface area contributed by atoms with Crippen molar-refractivity contribution in [2.45, 2.75) is 26.4 Å². The van der Waals surface area contributed by atoms with E-state index in [0.29, 0.717) is 24.0 Å². The summed E-state index contributed by atoms with van der Waals surface area (Å²) in [5.41, 5.74) is 2.04. The first-order valence-corrected chi connectivity index (χ1v) is 6.43. The topological polar surface area (TPSA) is 9.23 Å². The fourth-order valence-corrected chi connectivity index (χ4v) is 2.14. The maximum absolute atomic E-state index is 13.1. The third-order valence-electron chi connectivity index (χ3n) is 3.08. The van der Waals surface area contributed by atoms with Gasteiger partial charge in [0.25, 0.3) is 0 Å². The van der Waals surface area contributed by atoms with Gasteiger partial charge in [-0.1, -0.05) is 12.1 Å². The zero-order chi connectivity index (χ0) is 15.4. The van der Waals surface area contributed by atoms with Crippen molar-refractivity contribution in [2.75, 3.05) is 0 Å². The van der Waals surface area contributed by atoms with Crippen molar-refractivity contribution in [3.8, 4) is 5.75 Å². The van der Waals surface area contributed by atoms with Gasteiger partial charge in [-0.2, -0.15) is 8.78 Å². The van der Waals surface area contributed by atoms with E-state index in [2.05, 4.69) is 4.74 Å². The highest BCUT2D eigenvalue weighted by atomic mass is 19.3. The molecule has 0 heterocycles. The van der Waals surface area contributed by atoms with Crippen LogP contribution in [-0.4, -0.2) is 6.61 Å². The number of halogens is 4. The van der Waals surface area contributed by atoms with E-state index in [1.807, 2.05) is 0 Å². The van der Waals surface area contributed by atoms with Crippen LogP contribution in [0.4, 0.5) is 17.6 Å². The molecule has 0 bridgehead atoms. The van der Waals surface area contributed by atoms with Gasteiger partial charge in [0, 0.05) is 6.07 Å². The minimum absolute atomic E-state index is 0.130. The Morgan fingerprint density at radius 3 is 2.10 bits per heavy atom. The zero-order valence-electron chi connectivity index (χ0n) is 11.4. The van der Waals surface area contributed by atoms with Crippen LogP contribution >= 0.6 is 0 Å². The monoisotopic (exact) mass is 298 g/mol. The van der Waals surface area contributed by atoms with Gasteiger partial charge in [0.2, 0.25) is 0 Å². The Hall–Kier alpha value is -2.04. The number of ether oxygens (including phenoxy) is 1. The highest BCUT2D eigenvalue weighted by Crippen LogP contribution is 2.22. The molecular weight excluding hydrogens is 284 g/mol. The average molecular weight is 298 g/mol. The maximum atomic E-state index is 13.1. The van der Waals surface area contributed by atoms with Crippen LogP contribution in [0.15, 0.2) is 36.4 Å². The summed E-state index contributed by atoms with van der Waals surface area (Å²) in [5, 5.41) is 0. The van der Waals surface area contributed by atoms with Gasteiger partial charge >= 0.3 is 6.61 Å². The summed E-state index contributed by atoms with van der Waals surface area (Å²) >= 11 is 0. The normalized spacial score (nSPS) is 11.0. The van der Waals surface area contributed by atoms with Crippen LogP contribution in [0.1, 0.15) is 16.7 Å². The van der Waals surface area contributed by atoms with Crippen molar-refractivity contribution in [2.24, 2.45) is 0 Å². The van der Waals surface area contributed by atoms with Crippen LogP contribution in [0, 0.1) is 18.6 Å². The van der Waals surface area contributed by atoms with E-state index in [-0.39, 0.29) is 5.75 Å². The average Bonchev–Trinajstić information content (AvgIpc) is 2.38. The molecule has 2 aromatic rings. The molecule has 0 aliphatic heterocycles. The highest BCUT2D eigenvalue weighted by Gasteiger charge is 2.08. The number of rotatable bonds is 5. The molecule has 0 radical (unpaired) electrons. The second kappa shape index (κ2) is 6.61. The zero-order valence-corrected chi connectivity index (χ0v) is 11.4. The number of benzene rings is 2. The second-order valence-electron chi connectivity index (χ2n) is 4.76. The van der Waals surface area contributed by atoms with Crippen molar-refractivity contribution < 1.29 is 22.3 Å². The summed E-state index contributed by atoms with van der Waals surface area (Å²) in [6.45, 7) is -1.19. The predicted molar refractivity (Wildman–Crippen MR) is 71.6 cm³/mol. The summed E-state index contributed by atoms with van der Waals surface area (Å²) < 4.78 is 54.8. The van der Waals surface area contributed by atoms with Crippen LogP contribution in [0.25, 0.3) is 0 Å². The first kappa shape index (κ1) is 15.4. The first-order valence-electron chi connectivity index (χ1n) is 6.43. The first-order chi connectivity index (χ1) is 9.94. The van der Waals surface area contributed by atoms with E-state index >= 15 is 0 Å². The molecule has 0 aliphatic carbocycles. The minimum Gasteiger partial charge on any atom is -0.435 e. The molecule has 0 saturated heterocycles. The Kier molecular flexibility index (Phi) is 4.83. The third-order valence-corrected chi connectivity index (χ3v) is 3.08. The van der Waals surface area contributed by atoms with E-state index in [9.17, 15) is 17.6 Å². The summed E-state index contributed by atoms with van der Waals surface area (Å²) in [6.07, 6.45) is 1.02. The largest absolute Gasteiger partial charge is 0.435 e. The van der Waals surface area contributed by atoms with E-state index in [1.54, 1.807) is 19.1 Å². The van der Waals surface area contributed by atoms with Crippen molar-refractivity contribution >= 4 is 0 Å². The van der Waals surface area contributed by atoms with Gasteiger partial charge < -0.3 is 4.74 Å².